The topological polar surface area (TPSA) is 70.6 Å². The number of morpholine rings is 1. The zero-order valence-corrected chi connectivity index (χ0v) is 17.6. The van der Waals surface area contributed by atoms with E-state index in [0.717, 1.165) is 5.82 Å². The van der Waals surface area contributed by atoms with E-state index in [9.17, 15) is 18.0 Å². The van der Waals surface area contributed by atoms with Crippen LogP contribution in [-0.2, 0) is 22.3 Å². The molecule has 1 aromatic heterocycles. The van der Waals surface area contributed by atoms with Gasteiger partial charge in [-0.15, -0.1) is 0 Å². The van der Waals surface area contributed by atoms with E-state index < -0.39 is 11.7 Å². The number of ether oxygens (including phenoxy) is 1. The van der Waals surface area contributed by atoms with Crippen LogP contribution in [-0.4, -0.2) is 55.3 Å². The first-order chi connectivity index (χ1) is 15.4. The SMILES string of the molecule is O=C(NCc1ccc(N2CCOCC2)cc1C(F)(F)F)C1CCN(c2cnccn2)CC1. The van der Waals surface area contributed by atoms with Crippen LogP contribution in [0.15, 0.2) is 36.8 Å². The van der Waals surface area contributed by atoms with E-state index >= 15 is 0 Å². The van der Waals surface area contributed by atoms with Crippen LogP contribution >= 0.6 is 0 Å². The first-order valence-electron chi connectivity index (χ1n) is 10.7. The molecule has 2 aliphatic heterocycles. The lowest BCUT2D eigenvalue weighted by atomic mass is 9.95. The summed E-state index contributed by atoms with van der Waals surface area (Å²) in [6.45, 7) is 3.25. The van der Waals surface area contributed by atoms with Gasteiger partial charge in [0.15, 0.2) is 0 Å². The number of benzene rings is 1. The first-order valence-corrected chi connectivity index (χ1v) is 10.7. The van der Waals surface area contributed by atoms with Crippen molar-refractivity contribution in [1.82, 2.24) is 15.3 Å². The quantitative estimate of drug-likeness (QED) is 0.757. The molecule has 0 radical (unpaired) electrons. The highest BCUT2D eigenvalue weighted by Gasteiger charge is 2.34. The number of carbonyl (C=O) groups is 1. The van der Waals surface area contributed by atoms with Gasteiger partial charge in [-0.25, -0.2) is 4.98 Å². The van der Waals surface area contributed by atoms with E-state index in [1.54, 1.807) is 24.7 Å². The van der Waals surface area contributed by atoms with Crippen molar-refractivity contribution < 1.29 is 22.7 Å². The van der Waals surface area contributed by atoms with Gasteiger partial charge in [0, 0.05) is 56.7 Å². The third-order valence-corrected chi connectivity index (χ3v) is 5.97. The fourth-order valence-electron chi connectivity index (χ4n) is 4.15. The number of halogens is 3. The molecule has 0 aliphatic carbocycles. The van der Waals surface area contributed by atoms with Crippen molar-refractivity contribution in [2.24, 2.45) is 5.92 Å². The predicted molar refractivity (Wildman–Crippen MR) is 113 cm³/mol. The number of hydrogen-bond acceptors (Lipinski definition) is 6. The van der Waals surface area contributed by atoms with Gasteiger partial charge in [0.25, 0.3) is 0 Å². The molecule has 4 rings (SSSR count). The summed E-state index contributed by atoms with van der Waals surface area (Å²) in [5, 5.41) is 2.72. The van der Waals surface area contributed by atoms with Crippen LogP contribution in [0.5, 0.6) is 0 Å². The number of nitrogens with zero attached hydrogens (tertiary/aromatic N) is 4. The minimum absolute atomic E-state index is 0.0693. The molecule has 2 aromatic rings. The Balaban J connectivity index is 1.37. The maximum atomic E-state index is 13.7. The predicted octanol–water partition coefficient (Wildman–Crippen LogP) is 2.86. The van der Waals surface area contributed by atoms with Crippen LogP contribution < -0.4 is 15.1 Å². The molecule has 2 saturated heterocycles. The van der Waals surface area contributed by atoms with Crippen LogP contribution in [0, 0.1) is 5.92 Å². The molecule has 32 heavy (non-hydrogen) atoms. The third kappa shape index (κ3) is 5.29. The molecule has 1 N–H and O–H groups in total. The van der Waals surface area contributed by atoms with Crippen molar-refractivity contribution in [3.63, 3.8) is 0 Å². The Morgan fingerprint density at radius 3 is 2.50 bits per heavy atom. The van der Waals surface area contributed by atoms with Crippen LogP contribution in [0.2, 0.25) is 0 Å². The molecule has 0 saturated carbocycles. The van der Waals surface area contributed by atoms with Crippen LogP contribution in [0.4, 0.5) is 24.7 Å². The van der Waals surface area contributed by atoms with E-state index in [-0.39, 0.29) is 23.9 Å². The maximum absolute atomic E-state index is 13.7. The lowest BCUT2D eigenvalue weighted by molar-refractivity contribution is -0.138. The number of aromatic nitrogens is 2. The molecule has 7 nitrogen and oxygen atoms in total. The maximum Gasteiger partial charge on any atom is 0.416 e. The molecule has 2 aliphatic rings. The van der Waals surface area contributed by atoms with Gasteiger partial charge in [0.1, 0.15) is 5.82 Å². The second-order valence-corrected chi connectivity index (χ2v) is 7.98. The van der Waals surface area contributed by atoms with E-state index in [1.165, 1.54) is 12.1 Å². The smallest absolute Gasteiger partial charge is 0.378 e. The van der Waals surface area contributed by atoms with Crippen molar-refractivity contribution in [3.8, 4) is 0 Å². The van der Waals surface area contributed by atoms with Crippen LogP contribution in [0.25, 0.3) is 0 Å². The summed E-state index contributed by atoms with van der Waals surface area (Å²) in [6, 6.07) is 4.32. The summed E-state index contributed by atoms with van der Waals surface area (Å²) in [7, 11) is 0. The fourth-order valence-corrected chi connectivity index (χ4v) is 4.15. The number of nitrogens with one attached hydrogen (secondary N) is 1. The molecule has 0 spiro atoms. The summed E-state index contributed by atoms with van der Waals surface area (Å²) in [6.07, 6.45) is 1.64. The number of anilines is 2. The zero-order chi connectivity index (χ0) is 22.6. The average molecular weight is 449 g/mol. The van der Waals surface area contributed by atoms with Gasteiger partial charge in [-0.2, -0.15) is 13.2 Å². The Labute approximate surface area is 184 Å². The zero-order valence-electron chi connectivity index (χ0n) is 17.6. The van der Waals surface area contributed by atoms with Crippen LogP contribution in [0.3, 0.4) is 0 Å². The van der Waals surface area contributed by atoms with E-state index in [2.05, 4.69) is 20.2 Å². The van der Waals surface area contributed by atoms with Gasteiger partial charge in [0.05, 0.1) is 25.0 Å². The second kappa shape index (κ2) is 9.72. The van der Waals surface area contributed by atoms with Gasteiger partial charge in [0.2, 0.25) is 5.91 Å². The summed E-state index contributed by atoms with van der Waals surface area (Å²) in [4.78, 5) is 24.9. The minimum atomic E-state index is -4.50. The van der Waals surface area contributed by atoms with E-state index in [0.29, 0.717) is 57.9 Å². The molecule has 0 unspecified atom stereocenters. The molecule has 1 amide bonds. The van der Waals surface area contributed by atoms with Crippen molar-refractivity contribution in [2.75, 3.05) is 49.2 Å². The number of carbonyl (C=O) groups excluding carboxylic acids is 1. The largest absolute Gasteiger partial charge is 0.416 e. The van der Waals surface area contributed by atoms with E-state index in [1.807, 2.05) is 4.90 Å². The van der Waals surface area contributed by atoms with Crippen molar-refractivity contribution in [1.29, 1.82) is 0 Å². The fraction of sp³-hybridized carbons (Fsp3) is 0.500. The Kier molecular flexibility index (Phi) is 6.78. The lowest BCUT2D eigenvalue weighted by Crippen LogP contribution is -2.40. The molecule has 1 aromatic carbocycles. The second-order valence-electron chi connectivity index (χ2n) is 7.98. The van der Waals surface area contributed by atoms with Crippen molar-refractivity contribution in [3.05, 3.63) is 47.9 Å². The molecule has 10 heteroatoms. The molecule has 2 fully saturated rings. The lowest BCUT2D eigenvalue weighted by Gasteiger charge is -2.32. The first kappa shape index (κ1) is 22.3. The number of hydrogen-bond donors (Lipinski definition) is 1. The summed E-state index contributed by atoms with van der Waals surface area (Å²) < 4.78 is 46.4. The normalized spacial score (nSPS) is 18.0. The van der Waals surface area contributed by atoms with Gasteiger partial charge in [-0.05, 0) is 30.5 Å². The van der Waals surface area contributed by atoms with E-state index in [4.69, 9.17) is 4.74 Å². The molecular weight excluding hydrogens is 423 g/mol. The summed E-state index contributed by atoms with van der Waals surface area (Å²) in [5.74, 6) is 0.320. The molecule has 0 atom stereocenters. The Morgan fingerprint density at radius 2 is 1.84 bits per heavy atom. The Morgan fingerprint density at radius 1 is 1.09 bits per heavy atom. The number of piperidine rings is 1. The Hall–Kier alpha value is -2.88. The van der Waals surface area contributed by atoms with Crippen LogP contribution in [0.1, 0.15) is 24.0 Å². The third-order valence-electron chi connectivity index (χ3n) is 5.97. The molecule has 0 bridgehead atoms. The van der Waals surface area contributed by atoms with Gasteiger partial charge >= 0.3 is 6.18 Å². The summed E-state index contributed by atoms with van der Waals surface area (Å²) >= 11 is 0. The average Bonchev–Trinajstić information content (AvgIpc) is 2.83. The van der Waals surface area contributed by atoms with Crippen molar-refractivity contribution in [2.45, 2.75) is 25.6 Å². The standard InChI is InChI=1S/C22H26F3N5O2/c23-22(24,25)19-13-18(29-9-11-32-12-10-29)2-1-17(19)14-28-21(31)16-3-7-30(8-4-16)20-15-26-5-6-27-20/h1-2,5-6,13,15-16H,3-4,7-12,14H2,(H,28,31). The summed E-state index contributed by atoms with van der Waals surface area (Å²) in [5.41, 5.74) is -0.119. The van der Waals surface area contributed by atoms with Gasteiger partial charge < -0.3 is 19.9 Å². The highest BCUT2D eigenvalue weighted by Crippen LogP contribution is 2.35. The highest BCUT2D eigenvalue weighted by atomic mass is 19.4. The number of alkyl halides is 3. The Bertz CT molecular complexity index is 912. The van der Waals surface area contributed by atoms with Crippen molar-refractivity contribution >= 4 is 17.4 Å². The van der Waals surface area contributed by atoms with Gasteiger partial charge in [-0.3, -0.25) is 9.78 Å². The monoisotopic (exact) mass is 449 g/mol. The molecular formula is C22H26F3N5O2. The minimum Gasteiger partial charge on any atom is -0.378 e. The number of amides is 1. The number of rotatable bonds is 5. The molecule has 172 valence electrons. The van der Waals surface area contributed by atoms with Gasteiger partial charge in [-0.1, -0.05) is 6.07 Å². The molecule has 3 heterocycles. The highest BCUT2D eigenvalue weighted by molar-refractivity contribution is 5.79.